The number of aryl methyl sites for hydroxylation is 1. The number of amides is 1. The van der Waals surface area contributed by atoms with Crippen LogP contribution in [0.25, 0.3) is 0 Å². The molecule has 2 aromatic carbocycles. The maximum Gasteiger partial charge on any atom is 0.291 e. The summed E-state index contributed by atoms with van der Waals surface area (Å²) in [6, 6.07) is 18.7. The van der Waals surface area contributed by atoms with E-state index >= 15 is 0 Å². The van der Waals surface area contributed by atoms with E-state index in [4.69, 9.17) is 20.8 Å². The minimum absolute atomic E-state index is 0.225. The Morgan fingerprint density at radius 3 is 2.83 bits per heavy atom. The fourth-order valence-electron chi connectivity index (χ4n) is 3.00. The highest BCUT2D eigenvalue weighted by Gasteiger charge is 2.12. The fourth-order valence-corrected chi connectivity index (χ4v) is 3.15. The van der Waals surface area contributed by atoms with E-state index in [1.807, 2.05) is 55.5 Å². The molecule has 0 unspecified atom stereocenters. The first-order valence-corrected chi connectivity index (χ1v) is 9.80. The first-order chi connectivity index (χ1) is 14.6. The number of nitrogens with zero attached hydrogens (tertiary/aromatic N) is 2. The minimum atomic E-state index is -0.323. The van der Waals surface area contributed by atoms with Gasteiger partial charge in [-0.2, -0.15) is 5.10 Å². The molecule has 0 saturated carbocycles. The van der Waals surface area contributed by atoms with E-state index in [2.05, 4.69) is 10.4 Å². The summed E-state index contributed by atoms with van der Waals surface area (Å²) >= 11 is 5.90. The number of benzene rings is 2. The molecule has 0 bridgehead atoms. The van der Waals surface area contributed by atoms with Crippen LogP contribution in [0.4, 0.5) is 5.69 Å². The molecule has 4 rings (SSSR count). The van der Waals surface area contributed by atoms with E-state index < -0.39 is 0 Å². The average molecular weight is 422 g/mol. The lowest BCUT2D eigenvalue weighted by molar-refractivity contribution is 0.0992. The second-order valence-electron chi connectivity index (χ2n) is 6.83. The van der Waals surface area contributed by atoms with Crippen molar-refractivity contribution in [2.75, 3.05) is 5.32 Å². The SMILES string of the molecule is Cc1ccccc1OCc1ccc(C(=O)Nc2cccc(Cn3cc(Cl)cn3)c2)o1. The monoisotopic (exact) mass is 421 g/mol. The third-order valence-corrected chi connectivity index (χ3v) is 4.68. The van der Waals surface area contributed by atoms with E-state index in [0.717, 1.165) is 16.9 Å². The van der Waals surface area contributed by atoms with Crippen LogP contribution in [0.5, 0.6) is 5.75 Å². The van der Waals surface area contributed by atoms with E-state index in [1.54, 1.807) is 29.2 Å². The molecule has 152 valence electrons. The molecule has 6 nitrogen and oxygen atoms in total. The Labute approximate surface area is 179 Å². The molecule has 0 fully saturated rings. The Morgan fingerprint density at radius 2 is 2.03 bits per heavy atom. The number of aromatic nitrogens is 2. The largest absolute Gasteiger partial charge is 0.485 e. The predicted octanol–water partition coefficient (Wildman–Crippen LogP) is 5.32. The van der Waals surface area contributed by atoms with Crippen molar-refractivity contribution < 1.29 is 13.9 Å². The summed E-state index contributed by atoms with van der Waals surface area (Å²) in [6.45, 7) is 2.78. The molecule has 2 heterocycles. The number of hydrogen-bond acceptors (Lipinski definition) is 4. The highest BCUT2D eigenvalue weighted by molar-refractivity contribution is 6.30. The molecule has 2 aromatic heterocycles. The Kier molecular flexibility index (Phi) is 5.86. The number of furan rings is 1. The van der Waals surface area contributed by atoms with Crippen LogP contribution in [-0.2, 0) is 13.2 Å². The summed E-state index contributed by atoms with van der Waals surface area (Å²) in [4.78, 5) is 12.5. The topological polar surface area (TPSA) is 69.3 Å². The van der Waals surface area contributed by atoms with Gasteiger partial charge in [-0.1, -0.05) is 41.9 Å². The van der Waals surface area contributed by atoms with Gasteiger partial charge in [0, 0.05) is 11.9 Å². The minimum Gasteiger partial charge on any atom is -0.485 e. The van der Waals surface area contributed by atoms with E-state index in [0.29, 0.717) is 23.0 Å². The summed E-state index contributed by atoms with van der Waals surface area (Å²) in [6.07, 6.45) is 3.33. The van der Waals surface area contributed by atoms with Crippen LogP contribution in [0.2, 0.25) is 5.02 Å². The summed E-state index contributed by atoms with van der Waals surface area (Å²) < 4.78 is 13.1. The van der Waals surface area contributed by atoms with Crippen molar-refractivity contribution in [3.8, 4) is 5.75 Å². The maximum atomic E-state index is 12.5. The molecule has 0 aliphatic rings. The summed E-state index contributed by atoms with van der Waals surface area (Å²) in [5, 5.41) is 7.61. The molecule has 1 N–H and O–H groups in total. The van der Waals surface area contributed by atoms with Gasteiger partial charge >= 0.3 is 0 Å². The van der Waals surface area contributed by atoms with Gasteiger partial charge in [0.1, 0.15) is 18.1 Å². The second kappa shape index (κ2) is 8.88. The van der Waals surface area contributed by atoms with Crippen LogP contribution < -0.4 is 10.1 Å². The van der Waals surface area contributed by atoms with Gasteiger partial charge in [-0.25, -0.2) is 0 Å². The summed E-state index contributed by atoms with van der Waals surface area (Å²) in [5.74, 6) is 1.27. The Bertz CT molecular complexity index is 1170. The van der Waals surface area contributed by atoms with Crippen LogP contribution in [0, 0.1) is 6.92 Å². The Hall–Kier alpha value is -3.51. The zero-order valence-electron chi connectivity index (χ0n) is 16.3. The van der Waals surface area contributed by atoms with Gasteiger partial charge in [0.15, 0.2) is 5.76 Å². The Morgan fingerprint density at radius 1 is 1.17 bits per heavy atom. The molecule has 0 atom stereocenters. The fraction of sp³-hybridized carbons (Fsp3) is 0.130. The predicted molar refractivity (Wildman–Crippen MR) is 115 cm³/mol. The van der Waals surface area contributed by atoms with Crippen LogP contribution in [0.1, 0.15) is 27.4 Å². The van der Waals surface area contributed by atoms with Crippen molar-refractivity contribution in [3.05, 3.63) is 101 Å². The normalized spacial score (nSPS) is 10.7. The molecule has 7 heteroatoms. The molecule has 30 heavy (non-hydrogen) atoms. The average Bonchev–Trinajstić information content (AvgIpc) is 3.37. The Balaban J connectivity index is 1.37. The van der Waals surface area contributed by atoms with Crippen molar-refractivity contribution in [2.45, 2.75) is 20.1 Å². The highest BCUT2D eigenvalue weighted by Crippen LogP contribution is 2.19. The molecular formula is C23H20ClN3O3. The summed E-state index contributed by atoms with van der Waals surface area (Å²) in [5.41, 5.74) is 2.70. The van der Waals surface area contributed by atoms with Gasteiger partial charge in [-0.05, 0) is 48.4 Å². The standard InChI is InChI=1S/C23H20ClN3O3/c1-16-5-2-3-8-21(16)29-15-20-9-10-22(30-20)23(28)26-19-7-4-6-17(11-19)13-27-14-18(24)12-25-27/h2-12,14H,13,15H2,1H3,(H,26,28). The number of hydrogen-bond donors (Lipinski definition) is 1. The van der Waals surface area contributed by atoms with Gasteiger partial charge in [0.25, 0.3) is 5.91 Å². The number of halogens is 1. The number of rotatable bonds is 7. The maximum absolute atomic E-state index is 12.5. The molecular weight excluding hydrogens is 402 g/mol. The van der Waals surface area contributed by atoms with Crippen molar-refractivity contribution in [1.29, 1.82) is 0 Å². The van der Waals surface area contributed by atoms with Crippen LogP contribution in [0.3, 0.4) is 0 Å². The molecule has 0 aliphatic heterocycles. The van der Waals surface area contributed by atoms with E-state index in [-0.39, 0.29) is 18.3 Å². The molecule has 1 amide bonds. The van der Waals surface area contributed by atoms with Crippen LogP contribution in [-0.4, -0.2) is 15.7 Å². The van der Waals surface area contributed by atoms with Crippen molar-refractivity contribution >= 4 is 23.2 Å². The molecule has 4 aromatic rings. The zero-order valence-corrected chi connectivity index (χ0v) is 17.1. The van der Waals surface area contributed by atoms with Crippen LogP contribution in [0.15, 0.2) is 77.5 Å². The van der Waals surface area contributed by atoms with Crippen molar-refractivity contribution in [1.82, 2.24) is 9.78 Å². The first kappa shape index (κ1) is 19.8. The number of anilines is 1. The van der Waals surface area contributed by atoms with Crippen LogP contribution >= 0.6 is 11.6 Å². The quantitative estimate of drug-likeness (QED) is 0.438. The van der Waals surface area contributed by atoms with Gasteiger partial charge in [-0.3, -0.25) is 9.48 Å². The lowest BCUT2D eigenvalue weighted by Crippen LogP contribution is -2.11. The zero-order chi connectivity index (χ0) is 20.9. The third kappa shape index (κ3) is 4.90. The summed E-state index contributed by atoms with van der Waals surface area (Å²) in [7, 11) is 0. The lowest BCUT2D eigenvalue weighted by atomic mass is 10.2. The first-order valence-electron chi connectivity index (χ1n) is 9.42. The van der Waals surface area contributed by atoms with Gasteiger partial charge in [-0.15, -0.1) is 0 Å². The number of nitrogens with one attached hydrogen (secondary N) is 1. The number of carbonyl (C=O) groups is 1. The third-order valence-electron chi connectivity index (χ3n) is 4.48. The van der Waals surface area contributed by atoms with Crippen molar-refractivity contribution in [3.63, 3.8) is 0 Å². The van der Waals surface area contributed by atoms with E-state index in [1.165, 1.54) is 0 Å². The molecule has 0 saturated heterocycles. The van der Waals surface area contributed by atoms with E-state index in [9.17, 15) is 4.79 Å². The molecule has 0 spiro atoms. The van der Waals surface area contributed by atoms with Gasteiger partial charge in [0.2, 0.25) is 0 Å². The van der Waals surface area contributed by atoms with Crippen molar-refractivity contribution in [2.24, 2.45) is 0 Å². The van der Waals surface area contributed by atoms with Gasteiger partial charge < -0.3 is 14.5 Å². The molecule has 0 aliphatic carbocycles. The second-order valence-corrected chi connectivity index (χ2v) is 7.27. The lowest BCUT2D eigenvalue weighted by Gasteiger charge is -2.07. The molecule has 0 radical (unpaired) electrons. The smallest absolute Gasteiger partial charge is 0.291 e. The number of carbonyl (C=O) groups excluding carboxylic acids is 1. The van der Waals surface area contributed by atoms with Gasteiger partial charge in [0.05, 0.1) is 17.8 Å². The number of ether oxygens (including phenoxy) is 1. The number of para-hydroxylation sites is 1. The highest BCUT2D eigenvalue weighted by atomic mass is 35.5.